The predicted octanol–water partition coefficient (Wildman–Crippen LogP) is 1.78. The normalized spacial score (nSPS) is 12.5. The van der Waals surface area contributed by atoms with Crippen LogP contribution in [-0.2, 0) is 0 Å². The number of carbonyl (C=O) groups is 1. The standard InChI is InChI=1S/C9H11NOS/c1-6(12)7-4-2-3-5-8(7)9(10)11/h2-6,12H,1H3,(H2,10,11). The van der Waals surface area contributed by atoms with Crippen molar-refractivity contribution in [2.45, 2.75) is 12.2 Å². The highest BCUT2D eigenvalue weighted by Crippen LogP contribution is 2.21. The monoisotopic (exact) mass is 181 g/mol. The molecule has 64 valence electrons. The zero-order chi connectivity index (χ0) is 9.14. The van der Waals surface area contributed by atoms with Crippen molar-refractivity contribution in [3.63, 3.8) is 0 Å². The van der Waals surface area contributed by atoms with Crippen molar-refractivity contribution in [2.24, 2.45) is 5.73 Å². The SMILES string of the molecule is CC(S)c1ccccc1C(N)=O. The summed E-state index contributed by atoms with van der Waals surface area (Å²) in [5.74, 6) is -0.397. The van der Waals surface area contributed by atoms with Crippen LogP contribution in [0.5, 0.6) is 0 Å². The second kappa shape index (κ2) is 3.63. The number of rotatable bonds is 2. The molecule has 1 rings (SSSR count). The molecule has 0 aliphatic heterocycles. The van der Waals surface area contributed by atoms with Gasteiger partial charge in [0, 0.05) is 10.8 Å². The number of thiol groups is 1. The van der Waals surface area contributed by atoms with Crippen LogP contribution in [0.2, 0.25) is 0 Å². The lowest BCUT2D eigenvalue weighted by Crippen LogP contribution is -2.13. The van der Waals surface area contributed by atoms with Crippen molar-refractivity contribution >= 4 is 18.5 Å². The van der Waals surface area contributed by atoms with Crippen LogP contribution in [0.1, 0.15) is 28.1 Å². The molecule has 2 N–H and O–H groups in total. The van der Waals surface area contributed by atoms with Crippen LogP contribution in [0, 0.1) is 0 Å². The number of carbonyl (C=O) groups excluding carboxylic acids is 1. The molecule has 0 fully saturated rings. The Bertz CT molecular complexity index is 296. The average molecular weight is 181 g/mol. The number of amides is 1. The summed E-state index contributed by atoms with van der Waals surface area (Å²) in [6.07, 6.45) is 0. The quantitative estimate of drug-likeness (QED) is 0.671. The molecule has 2 nitrogen and oxygen atoms in total. The van der Waals surface area contributed by atoms with Crippen molar-refractivity contribution in [3.8, 4) is 0 Å². The van der Waals surface area contributed by atoms with Gasteiger partial charge in [0.2, 0.25) is 5.91 Å². The maximum Gasteiger partial charge on any atom is 0.249 e. The Morgan fingerprint density at radius 3 is 2.50 bits per heavy atom. The zero-order valence-corrected chi connectivity index (χ0v) is 7.71. The molecule has 0 bridgehead atoms. The van der Waals surface area contributed by atoms with Crippen molar-refractivity contribution < 1.29 is 4.79 Å². The van der Waals surface area contributed by atoms with Gasteiger partial charge in [-0.15, -0.1) is 0 Å². The van der Waals surface area contributed by atoms with Crippen LogP contribution < -0.4 is 5.73 Å². The van der Waals surface area contributed by atoms with Crippen LogP contribution >= 0.6 is 12.6 Å². The van der Waals surface area contributed by atoms with Crippen molar-refractivity contribution in [2.75, 3.05) is 0 Å². The number of primary amides is 1. The Balaban J connectivity index is 3.17. The molecule has 0 radical (unpaired) electrons. The van der Waals surface area contributed by atoms with Gasteiger partial charge in [-0.1, -0.05) is 18.2 Å². The van der Waals surface area contributed by atoms with Gasteiger partial charge in [0.05, 0.1) is 0 Å². The molecule has 1 aromatic rings. The molecule has 1 aromatic carbocycles. The summed E-state index contributed by atoms with van der Waals surface area (Å²) in [4.78, 5) is 10.9. The third-order valence-electron chi connectivity index (χ3n) is 1.68. The summed E-state index contributed by atoms with van der Waals surface area (Å²) in [7, 11) is 0. The molecule has 12 heavy (non-hydrogen) atoms. The summed E-state index contributed by atoms with van der Waals surface area (Å²) in [6.45, 7) is 1.91. The molecule has 0 spiro atoms. The molecular weight excluding hydrogens is 170 g/mol. The van der Waals surface area contributed by atoms with Gasteiger partial charge in [0.1, 0.15) is 0 Å². The van der Waals surface area contributed by atoms with Crippen LogP contribution in [0.25, 0.3) is 0 Å². The Morgan fingerprint density at radius 1 is 1.50 bits per heavy atom. The lowest BCUT2D eigenvalue weighted by atomic mass is 10.0. The van der Waals surface area contributed by atoms with Gasteiger partial charge < -0.3 is 5.73 Å². The van der Waals surface area contributed by atoms with E-state index in [1.165, 1.54) is 0 Å². The number of hydrogen-bond donors (Lipinski definition) is 2. The first kappa shape index (κ1) is 9.13. The van der Waals surface area contributed by atoms with Gasteiger partial charge >= 0.3 is 0 Å². The topological polar surface area (TPSA) is 43.1 Å². The Labute approximate surface area is 77.2 Å². The minimum atomic E-state index is -0.397. The van der Waals surface area contributed by atoms with E-state index in [1.54, 1.807) is 12.1 Å². The number of nitrogens with two attached hydrogens (primary N) is 1. The van der Waals surface area contributed by atoms with Crippen LogP contribution in [0.15, 0.2) is 24.3 Å². The molecular formula is C9H11NOS. The van der Waals surface area contributed by atoms with E-state index >= 15 is 0 Å². The van der Waals surface area contributed by atoms with Gasteiger partial charge in [-0.3, -0.25) is 4.79 Å². The lowest BCUT2D eigenvalue weighted by molar-refractivity contribution is 0.0999. The lowest BCUT2D eigenvalue weighted by Gasteiger charge is -2.08. The first-order valence-corrected chi connectivity index (χ1v) is 4.21. The smallest absolute Gasteiger partial charge is 0.249 e. The largest absolute Gasteiger partial charge is 0.366 e. The second-order valence-corrected chi connectivity index (χ2v) is 3.40. The molecule has 1 atom stereocenters. The first-order valence-electron chi connectivity index (χ1n) is 3.69. The van der Waals surface area contributed by atoms with Gasteiger partial charge in [-0.25, -0.2) is 0 Å². The van der Waals surface area contributed by atoms with Crippen molar-refractivity contribution in [3.05, 3.63) is 35.4 Å². The molecule has 0 aliphatic rings. The Morgan fingerprint density at radius 2 is 2.08 bits per heavy atom. The van der Waals surface area contributed by atoms with E-state index in [2.05, 4.69) is 12.6 Å². The van der Waals surface area contributed by atoms with E-state index in [9.17, 15) is 4.79 Å². The highest BCUT2D eigenvalue weighted by atomic mass is 32.1. The van der Waals surface area contributed by atoms with E-state index in [0.29, 0.717) is 5.56 Å². The van der Waals surface area contributed by atoms with Gasteiger partial charge in [-0.2, -0.15) is 12.6 Å². The summed E-state index contributed by atoms with van der Waals surface area (Å²) in [5.41, 5.74) is 6.62. The molecule has 1 amide bonds. The maximum absolute atomic E-state index is 10.9. The molecule has 0 saturated heterocycles. The number of benzene rings is 1. The third kappa shape index (κ3) is 1.80. The van der Waals surface area contributed by atoms with Gasteiger partial charge in [-0.05, 0) is 18.6 Å². The minimum absolute atomic E-state index is 0.0358. The Kier molecular flexibility index (Phi) is 2.76. The minimum Gasteiger partial charge on any atom is -0.366 e. The van der Waals surface area contributed by atoms with E-state index in [1.807, 2.05) is 19.1 Å². The fourth-order valence-corrected chi connectivity index (χ4v) is 1.31. The first-order chi connectivity index (χ1) is 5.63. The highest BCUT2D eigenvalue weighted by Gasteiger charge is 2.09. The molecule has 0 aromatic heterocycles. The van der Waals surface area contributed by atoms with E-state index in [-0.39, 0.29) is 5.25 Å². The van der Waals surface area contributed by atoms with E-state index in [0.717, 1.165) is 5.56 Å². The second-order valence-electron chi connectivity index (χ2n) is 2.63. The van der Waals surface area contributed by atoms with Gasteiger partial charge in [0.25, 0.3) is 0 Å². The fourth-order valence-electron chi connectivity index (χ4n) is 1.09. The summed E-state index contributed by atoms with van der Waals surface area (Å²) in [5, 5.41) is 0.0358. The van der Waals surface area contributed by atoms with Crippen molar-refractivity contribution in [1.29, 1.82) is 0 Å². The molecule has 3 heteroatoms. The van der Waals surface area contributed by atoms with Gasteiger partial charge in [0.15, 0.2) is 0 Å². The van der Waals surface area contributed by atoms with E-state index < -0.39 is 5.91 Å². The molecule has 0 aliphatic carbocycles. The average Bonchev–Trinajstić information content (AvgIpc) is 2.04. The molecule has 0 saturated carbocycles. The zero-order valence-electron chi connectivity index (χ0n) is 6.82. The summed E-state index contributed by atoms with van der Waals surface area (Å²) in [6, 6.07) is 7.23. The summed E-state index contributed by atoms with van der Waals surface area (Å²) < 4.78 is 0. The van der Waals surface area contributed by atoms with Crippen LogP contribution in [-0.4, -0.2) is 5.91 Å². The molecule has 1 unspecified atom stereocenters. The van der Waals surface area contributed by atoms with Crippen LogP contribution in [0.3, 0.4) is 0 Å². The highest BCUT2D eigenvalue weighted by molar-refractivity contribution is 7.80. The fraction of sp³-hybridized carbons (Fsp3) is 0.222. The third-order valence-corrected chi connectivity index (χ3v) is 1.95. The van der Waals surface area contributed by atoms with Crippen LogP contribution in [0.4, 0.5) is 0 Å². The van der Waals surface area contributed by atoms with E-state index in [4.69, 9.17) is 5.73 Å². The number of hydrogen-bond acceptors (Lipinski definition) is 2. The Hall–Kier alpha value is -0.960. The predicted molar refractivity (Wildman–Crippen MR) is 52.4 cm³/mol. The molecule has 0 heterocycles. The van der Waals surface area contributed by atoms with Crippen molar-refractivity contribution in [1.82, 2.24) is 0 Å². The summed E-state index contributed by atoms with van der Waals surface area (Å²) >= 11 is 4.24. The maximum atomic E-state index is 10.9.